The molecule has 98 valence electrons. The van der Waals surface area contributed by atoms with E-state index in [9.17, 15) is 0 Å². The molecule has 1 unspecified atom stereocenters. The average molecular weight is 287 g/mol. The lowest BCUT2D eigenvalue weighted by atomic mass is 10.0. The van der Waals surface area contributed by atoms with Crippen LogP contribution in [-0.2, 0) is 0 Å². The third-order valence-electron chi connectivity index (χ3n) is 3.45. The topological polar surface area (TPSA) is 12.0 Å². The Bertz CT molecular complexity index is 708. The highest BCUT2D eigenvalue weighted by Crippen LogP contribution is 2.37. The summed E-state index contributed by atoms with van der Waals surface area (Å²) in [7, 11) is 2.05. The fourth-order valence-corrected chi connectivity index (χ4v) is 4.75. The Morgan fingerprint density at radius 2 is 1.95 bits per heavy atom. The molecule has 3 heteroatoms. The van der Waals surface area contributed by atoms with Crippen molar-refractivity contribution in [3.05, 3.63) is 56.6 Å². The Morgan fingerprint density at radius 3 is 2.63 bits per heavy atom. The van der Waals surface area contributed by atoms with Crippen LogP contribution in [0.1, 0.15) is 26.9 Å². The van der Waals surface area contributed by atoms with Crippen molar-refractivity contribution in [1.29, 1.82) is 0 Å². The van der Waals surface area contributed by atoms with Gasteiger partial charge in [-0.1, -0.05) is 18.2 Å². The van der Waals surface area contributed by atoms with Gasteiger partial charge in [0.1, 0.15) is 0 Å². The van der Waals surface area contributed by atoms with Gasteiger partial charge in [-0.05, 0) is 54.9 Å². The smallest absolute Gasteiger partial charge is 0.0685 e. The van der Waals surface area contributed by atoms with E-state index in [1.165, 1.54) is 31.0 Å². The number of benzene rings is 1. The summed E-state index contributed by atoms with van der Waals surface area (Å²) in [6.45, 7) is 4.39. The van der Waals surface area contributed by atoms with Gasteiger partial charge >= 0.3 is 0 Å². The molecule has 0 aliphatic rings. The minimum absolute atomic E-state index is 0.301. The normalized spacial score (nSPS) is 13.0. The van der Waals surface area contributed by atoms with Crippen LogP contribution in [0.2, 0.25) is 0 Å². The van der Waals surface area contributed by atoms with Crippen LogP contribution in [0.3, 0.4) is 0 Å². The highest BCUT2D eigenvalue weighted by molar-refractivity contribution is 7.17. The van der Waals surface area contributed by atoms with Crippen molar-refractivity contribution in [3.8, 4) is 0 Å². The van der Waals surface area contributed by atoms with Gasteiger partial charge in [0, 0.05) is 14.5 Å². The quantitative estimate of drug-likeness (QED) is 0.723. The molecule has 1 nitrogen and oxygen atoms in total. The van der Waals surface area contributed by atoms with E-state index in [2.05, 4.69) is 54.9 Å². The first kappa shape index (κ1) is 12.9. The van der Waals surface area contributed by atoms with Crippen LogP contribution in [-0.4, -0.2) is 7.05 Å². The molecule has 0 bridgehead atoms. The summed E-state index contributed by atoms with van der Waals surface area (Å²) in [6, 6.07) is 11.2. The summed E-state index contributed by atoms with van der Waals surface area (Å²) >= 11 is 3.73. The van der Waals surface area contributed by atoms with Gasteiger partial charge < -0.3 is 5.32 Å². The van der Waals surface area contributed by atoms with Gasteiger partial charge in [0.25, 0.3) is 0 Å². The Hall–Kier alpha value is -1.16. The molecule has 0 spiro atoms. The molecule has 0 aliphatic carbocycles. The average Bonchev–Trinajstić information content (AvgIpc) is 2.96. The second-order valence-corrected chi connectivity index (χ2v) is 7.01. The molecule has 0 amide bonds. The lowest BCUT2D eigenvalue weighted by Gasteiger charge is -2.15. The van der Waals surface area contributed by atoms with Gasteiger partial charge in [-0.15, -0.1) is 22.7 Å². The molecule has 0 saturated heterocycles. The predicted molar refractivity (Wildman–Crippen MR) is 86.5 cm³/mol. The lowest BCUT2D eigenvalue weighted by Crippen LogP contribution is -2.16. The van der Waals surface area contributed by atoms with Crippen LogP contribution >= 0.6 is 22.7 Å². The van der Waals surface area contributed by atoms with Gasteiger partial charge in [-0.25, -0.2) is 0 Å². The van der Waals surface area contributed by atoms with Crippen molar-refractivity contribution >= 4 is 32.8 Å². The van der Waals surface area contributed by atoms with E-state index in [1.807, 2.05) is 29.7 Å². The molecule has 0 radical (unpaired) electrons. The molecule has 0 aliphatic heterocycles. The van der Waals surface area contributed by atoms with E-state index in [0.717, 1.165) is 0 Å². The van der Waals surface area contributed by atoms with Crippen molar-refractivity contribution in [3.63, 3.8) is 0 Å². The minimum Gasteiger partial charge on any atom is -0.309 e. The Morgan fingerprint density at radius 1 is 1.16 bits per heavy atom. The second kappa shape index (κ2) is 5.08. The molecular weight excluding hydrogens is 270 g/mol. The maximum absolute atomic E-state index is 3.48. The van der Waals surface area contributed by atoms with Gasteiger partial charge in [-0.2, -0.15) is 0 Å². The summed E-state index contributed by atoms with van der Waals surface area (Å²) in [6.07, 6.45) is 0. The Labute approximate surface area is 121 Å². The maximum atomic E-state index is 3.48. The first-order valence-electron chi connectivity index (χ1n) is 6.41. The molecule has 1 aromatic carbocycles. The number of rotatable bonds is 3. The predicted octanol–water partition coefficient (Wildman–Crippen LogP) is 4.89. The number of thiophene rings is 2. The SMILES string of the molecule is CNC(c1sc(C)cc1C)c1csc2ccccc12. The molecule has 3 aromatic rings. The molecule has 2 aromatic heterocycles. The number of hydrogen-bond acceptors (Lipinski definition) is 3. The van der Waals surface area contributed by atoms with E-state index in [1.54, 1.807) is 0 Å². The van der Waals surface area contributed by atoms with E-state index < -0.39 is 0 Å². The maximum Gasteiger partial charge on any atom is 0.0685 e. The summed E-state index contributed by atoms with van der Waals surface area (Å²) < 4.78 is 1.36. The largest absolute Gasteiger partial charge is 0.309 e. The first-order valence-corrected chi connectivity index (χ1v) is 8.10. The zero-order chi connectivity index (χ0) is 13.4. The molecule has 0 saturated carbocycles. The number of nitrogens with one attached hydrogen (secondary N) is 1. The van der Waals surface area contributed by atoms with Gasteiger partial charge in [0.05, 0.1) is 6.04 Å². The van der Waals surface area contributed by atoms with Crippen molar-refractivity contribution < 1.29 is 0 Å². The Kier molecular flexibility index (Phi) is 3.44. The highest BCUT2D eigenvalue weighted by Gasteiger charge is 2.19. The third kappa shape index (κ3) is 2.22. The Balaban J connectivity index is 2.15. The first-order chi connectivity index (χ1) is 9.20. The highest BCUT2D eigenvalue weighted by atomic mass is 32.1. The van der Waals surface area contributed by atoms with E-state index in [4.69, 9.17) is 0 Å². The van der Waals surface area contributed by atoms with Crippen molar-refractivity contribution in [1.82, 2.24) is 5.32 Å². The van der Waals surface area contributed by atoms with Crippen molar-refractivity contribution in [2.24, 2.45) is 0 Å². The summed E-state index contributed by atoms with van der Waals surface area (Å²) in [5.41, 5.74) is 2.78. The van der Waals surface area contributed by atoms with Crippen molar-refractivity contribution in [2.75, 3.05) is 7.05 Å². The third-order valence-corrected chi connectivity index (χ3v) is 5.65. The van der Waals surface area contributed by atoms with E-state index in [0.29, 0.717) is 6.04 Å². The second-order valence-electron chi connectivity index (χ2n) is 4.81. The molecule has 2 heterocycles. The van der Waals surface area contributed by atoms with Crippen LogP contribution in [0.15, 0.2) is 35.7 Å². The van der Waals surface area contributed by atoms with E-state index >= 15 is 0 Å². The summed E-state index contributed by atoms with van der Waals surface area (Å²) in [4.78, 5) is 2.82. The lowest BCUT2D eigenvalue weighted by molar-refractivity contribution is 0.707. The van der Waals surface area contributed by atoms with Crippen molar-refractivity contribution in [2.45, 2.75) is 19.9 Å². The summed E-state index contributed by atoms with van der Waals surface area (Å²) in [5.74, 6) is 0. The molecule has 19 heavy (non-hydrogen) atoms. The zero-order valence-electron chi connectivity index (χ0n) is 11.4. The summed E-state index contributed by atoms with van der Waals surface area (Å²) in [5, 5.41) is 7.15. The fourth-order valence-electron chi connectivity index (χ4n) is 2.60. The van der Waals surface area contributed by atoms with Gasteiger partial charge in [0.2, 0.25) is 0 Å². The van der Waals surface area contributed by atoms with Crippen LogP contribution < -0.4 is 5.32 Å². The standard InChI is InChI=1S/C16H17NS2/c1-10-8-11(2)19-16(10)15(17-3)13-9-18-14-7-5-4-6-12(13)14/h4-9,15,17H,1-3H3. The molecule has 0 fully saturated rings. The molecule has 1 atom stereocenters. The van der Waals surface area contributed by atoms with Gasteiger partial charge in [-0.3, -0.25) is 0 Å². The van der Waals surface area contributed by atoms with E-state index in [-0.39, 0.29) is 0 Å². The number of aryl methyl sites for hydroxylation is 2. The minimum atomic E-state index is 0.301. The zero-order valence-corrected chi connectivity index (χ0v) is 13.0. The van der Waals surface area contributed by atoms with Crippen LogP contribution in [0.25, 0.3) is 10.1 Å². The van der Waals surface area contributed by atoms with Gasteiger partial charge in [0.15, 0.2) is 0 Å². The number of fused-ring (bicyclic) bond motifs is 1. The van der Waals surface area contributed by atoms with Crippen LogP contribution in [0.5, 0.6) is 0 Å². The molecule has 1 N–H and O–H groups in total. The molecular formula is C16H17NS2. The monoisotopic (exact) mass is 287 g/mol. The van der Waals surface area contributed by atoms with Crippen LogP contribution in [0.4, 0.5) is 0 Å². The molecule has 3 rings (SSSR count). The number of hydrogen-bond donors (Lipinski definition) is 1. The fraction of sp³-hybridized carbons (Fsp3) is 0.250. The van der Waals surface area contributed by atoms with Crippen LogP contribution in [0, 0.1) is 13.8 Å².